The molecule has 3 heteroatoms. The Kier molecular flexibility index (Phi) is 2.71. The Hall–Kier alpha value is -2.68. The van der Waals surface area contributed by atoms with E-state index in [2.05, 4.69) is 22.1 Å². The summed E-state index contributed by atoms with van der Waals surface area (Å²) in [5, 5.41) is 2.30. The van der Waals surface area contributed by atoms with Gasteiger partial charge in [-0.2, -0.15) is 0 Å². The van der Waals surface area contributed by atoms with Crippen LogP contribution in [0.15, 0.2) is 60.7 Å². The second-order valence-electron chi connectivity index (χ2n) is 5.18. The molecule has 0 saturated carbocycles. The first-order valence-corrected chi connectivity index (χ1v) is 6.90. The van der Waals surface area contributed by atoms with E-state index in [1.54, 1.807) is 12.1 Å². The zero-order valence-corrected chi connectivity index (χ0v) is 11.3. The molecule has 0 fully saturated rings. The van der Waals surface area contributed by atoms with Crippen LogP contribution in [0.1, 0.15) is 11.3 Å². The topological polar surface area (TPSA) is 28.7 Å². The van der Waals surface area contributed by atoms with E-state index in [0.29, 0.717) is 6.42 Å². The lowest BCUT2D eigenvalue weighted by Gasteiger charge is -2.01. The van der Waals surface area contributed by atoms with Gasteiger partial charge >= 0.3 is 0 Å². The molecular formula is C18H13FN2. The van der Waals surface area contributed by atoms with Gasteiger partial charge in [-0.25, -0.2) is 9.37 Å². The fraction of sp³-hybridized carbons (Fsp3) is 0.0556. The maximum absolute atomic E-state index is 13.2. The van der Waals surface area contributed by atoms with Crippen molar-refractivity contribution >= 4 is 21.9 Å². The molecule has 0 spiro atoms. The normalized spacial score (nSPS) is 11.3. The van der Waals surface area contributed by atoms with Crippen molar-refractivity contribution in [3.63, 3.8) is 0 Å². The molecule has 0 unspecified atom stereocenters. The van der Waals surface area contributed by atoms with Gasteiger partial charge in [0.1, 0.15) is 11.5 Å². The molecule has 0 atom stereocenters. The number of pyridine rings is 1. The van der Waals surface area contributed by atoms with Crippen LogP contribution in [0.5, 0.6) is 0 Å². The van der Waals surface area contributed by atoms with Crippen molar-refractivity contribution < 1.29 is 4.39 Å². The number of nitrogens with one attached hydrogen (secondary N) is 1. The van der Waals surface area contributed by atoms with Crippen LogP contribution in [0.4, 0.5) is 4.39 Å². The Balaban J connectivity index is 1.78. The van der Waals surface area contributed by atoms with Gasteiger partial charge in [0.25, 0.3) is 0 Å². The molecule has 4 aromatic rings. The zero-order chi connectivity index (χ0) is 14.2. The zero-order valence-electron chi connectivity index (χ0n) is 11.3. The van der Waals surface area contributed by atoms with Gasteiger partial charge in [-0.1, -0.05) is 30.3 Å². The Bertz CT molecular complexity index is 940. The molecule has 2 heterocycles. The van der Waals surface area contributed by atoms with Crippen LogP contribution in [-0.2, 0) is 6.42 Å². The van der Waals surface area contributed by atoms with Gasteiger partial charge in [-0.3, -0.25) is 0 Å². The van der Waals surface area contributed by atoms with E-state index in [1.807, 2.05) is 30.3 Å². The van der Waals surface area contributed by atoms with Crippen molar-refractivity contribution in [1.29, 1.82) is 0 Å². The van der Waals surface area contributed by atoms with E-state index in [4.69, 9.17) is 0 Å². The third kappa shape index (κ3) is 2.17. The third-order valence-electron chi connectivity index (χ3n) is 3.70. The van der Waals surface area contributed by atoms with E-state index < -0.39 is 0 Å². The van der Waals surface area contributed by atoms with Crippen molar-refractivity contribution in [2.24, 2.45) is 0 Å². The molecule has 0 aliphatic heterocycles. The van der Waals surface area contributed by atoms with E-state index in [1.165, 1.54) is 11.5 Å². The van der Waals surface area contributed by atoms with E-state index in [0.717, 1.165) is 27.8 Å². The van der Waals surface area contributed by atoms with Crippen molar-refractivity contribution in [2.75, 3.05) is 0 Å². The number of H-pyrrole nitrogens is 1. The highest BCUT2D eigenvalue weighted by molar-refractivity contribution is 6.05. The highest BCUT2D eigenvalue weighted by Gasteiger charge is 2.06. The summed E-state index contributed by atoms with van der Waals surface area (Å²) >= 11 is 0. The smallest absolute Gasteiger partial charge is 0.138 e. The Morgan fingerprint density at radius 3 is 2.71 bits per heavy atom. The van der Waals surface area contributed by atoms with Crippen molar-refractivity contribution in [3.8, 4) is 0 Å². The number of benzene rings is 2. The Labute approximate surface area is 121 Å². The fourth-order valence-corrected chi connectivity index (χ4v) is 2.72. The lowest BCUT2D eigenvalue weighted by Crippen LogP contribution is -1.93. The summed E-state index contributed by atoms with van der Waals surface area (Å²) in [7, 11) is 0. The highest BCUT2D eigenvalue weighted by atomic mass is 19.1. The van der Waals surface area contributed by atoms with Gasteiger partial charge < -0.3 is 4.98 Å². The third-order valence-corrected chi connectivity index (χ3v) is 3.70. The number of rotatable bonds is 2. The molecule has 2 aromatic heterocycles. The van der Waals surface area contributed by atoms with Gasteiger partial charge in [-0.05, 0) is 35.9 Å². The predicted molar refractivity (Wildman–Crippen MR) is 82.8 cm³/mol. The van der Waals surface area contributed by atoms with E-state index >= 15 is 0 Å². The van der Waals surface area contributed by atoms with Crippen LogP contribution in [0.3, 0.4) is 0 Å². The molecule has 0 bridgehead atoms. The van der Waals surface area contributed by atoms with Crippen LogP contribution in [-0.4, -0.2) is 9.97 Å². The van der Waals surface area contributed by atoms with Gasteiger partial charge in [0.05, 0.1) is 0 Å². The number of nitrogens with zero attached hydrogens (tertiary/aromatic N) is 1. The minimum atomic E-state index is -0.209. The number of halogens is 1. The lowest BCUT2D eigenvalue weighted by atomic mass is 10.1. The summed E-state index contributed by atoms with van der Waals surface area (Å²) in [5.41, 5.74) is 3.82. The van der Waals surface area contributed by atoms with Crippen molar-refractivity contribution in [2.45, 2.75) is 6.42 Å². The standard InChI is InChI=1S/C18H13FN2/c19-13-5-3-4-12(10-13)11-14-8-9-16-15-6-1-2-7-17(15)21-18(16)20-14/h1-10H,11H2,(H,20,21). The summed E-state index contributed by atoms with van der Waals surface area (Å²) in [6.07, 6.45) is 0.628. The molecule has 2 nitrogen and oxygen atoms in total. The number of para-hydroxylation sites is 1. The van der Waals surface area contributed by atoms with Crippen molar-refractivity contribution in [3.05, 3.63) is 77.7 Å². The largest absolute Gasteiger partial charge is 0.339 e. The maximum Gasteiger partial charge on any atom is 0.138 e. The first-order chi connectivity index (χ1) is 10.3. The average molecular weight is 276 g/mol. The minimum Gasteiger partial charge on any atom is -0.339 e. The molecule has 0 saturated heterocycles. The predicted octanol–water partition coefficient (Wildman–Crippen LogP) is 4.45. The van der Waals surface area contributed by atoms with Crippen LogP contribution in [0.25, 0.3) is 21.9 Å². The second kappa shape index (κ2) is 4.70. The first-order valence-electron chi connectivity index (χ1n) is 6.90. The van der Waals surface area contributed by atoms with Crippen molar-refractivity contribution in [1.82, 2.24) is 9.97 Å². The first kappa shape index (κ1) is 12.1. The number of aromatic amines is 1. The molecule has 4 rings (SSSR count). The Morgan fingerprint density at radius 1 is 0.905 bits per heavy atom. The molecule has 0 radical (unpaired) electrons. The monoisotopic (exact) mass is 276 g/mol. The molecule has 102 valence electrons. The van der Waals surface area contributed by atoms with Crippen LogP contribution in [0.2, 0.25) is 0 Å². The molecular weight excluding hydrogens is 263 g/mol. The Morgan fingerprint density at radius 2 is 1.81 bits per heavy atom. The van der Waals surface area contributed by atoms with E-state index in [-0.39, 0.29) is 5.82 Å². The van der Waals surface area contributed by atoms with Crippen LogP contribution >= 0.6 is 0 Å². The van der Waals surface area contributed by atoms with Gasteiger partial charge in [0.2, 0.25) is 0 Å². The summed E-state index contributed by atoms with van der Waals surface area (Å²) < 4.78 is 13.2. The van der Waals surface area contributed by atoms with Crippen LogP contribution in [0, 0.1) is 5.82 Å². The quantitative estimate of drug-likeness (QED) is 0.576. The summed E-state index contributed by atoms with van der Waals surface area (Å²) in [6, 6.07) is 18.9. The molecule has 2 aromatic carbocycles. The minimum absolute atomic E-state index is 0.209. The van der Waals surface area contributed by atoms with Gasteiger partial charge in [0.15, 0.2) is 0 Å². The van der Waals surface area contributed by atoms with E-state index in [9.17, 15) is 4.39 Å². The average Bonchev–Trinajstić information content (AvgIpc) is 2.85. The highest BCUT2D eigenvalue weighted by Crippen LogP contribution is 2.24. The number of hydrogen-bond acceptors (Lipinski definition) is 1. The second-order valence-corrected chi connectivity index (χ2v) is 5.18. The SMILES string of the molecule is Fc1cccc(Cc2ccc3c(n2)[nH]c2ccccc23)c1. The molecule has 1 N–H and O–H groups in total. The summed E-state index contributed by atoms with van der Waals surface area (Å²) in [6.45, 7) is 0. The molecule has 0 amide bonds. The molecule has 21 heavy (non-hydrogen) atoms. The van der Waals surface area contributed by atoms with Gasteiger partial charge in [0, 0.05) is 28.4 Å². The fourth-order valence-electron chi connectivity index (χ4n) is 2.72. The summed E-state index contributed by atoms with van der Waals surface area (Å²) in [5.74, 6) is -0.209. The van der Waals surface area contributed by atoms with Gasteiger partial charge in [-0.15, -0.1) is 0 Å². The lowest BCUT2D eigenvalue weighted by molar-refractivity contribution is 0.626. The summed E-state index contributed by atoms with van der Waals surface area (Å²) in [4.78, 5) is 7.99. The molecule has 0 aliphatic rings. The maximum atomic E-state index is 13.2. The number of aromatic nitrogens is 2. The molecule has 0 aliphatic carbocycles. The number of hydrogen-bond donors (Lipinski definition) is 1. The van der Waals surface area contributed by atoms with Crippen LogP contribution < -0.4 is 0 Å². The number of fused-ring (bicyclic) bond motifs is 3.